The standard InChI is InChI=1S/C15H22ClNO2/c1-5-11(2)17(15(18)10-16)14-8-6-7-13(9-14)12(3)19-4/h6-9,11-12H,5,10H2,1-4H3. The lowest BCUT2D eigenvalue weighted by Crippen LogP contribution is -2.39. The van der Waals surface area contributed by atoms with Gasteiger partial charge < -0.3 is 9.64 Å². The molecule has 0 saturated heterocycles. The van der Waals surface area contributed by atoms with Gasteiger partial charge in [0.05, 0.1) is 6.10 Å². The quantitative estimate of drug-likeness (QED) is 0.744. The van der Waals surface area contributed by atoms with Gasteiger partial charge in [-0.2, -0.15) is 0 Å². The zero-order chi connectivity index (χ0) is 14.4. The Kier molecular flexibility index (Phi) is 6.32. The first-order valence-corrected chi connectivity index (χ1v) is 7.09. The Morgan fingerprint density at radius 3 is 2.63 bits per heavy atom. The predicted molar refractivity (Wildman–Crippen MR) is 79.8 cm³/mol. The summed E-state index contributed by atoms with van der Waals surface area (Å²) in [5.41, 5.74) is 1.93. The molecule has 19 heavy (non-hydrogen) atoms. The number of carbonyl (C=O) groups excluding carboxylic acids is 1. The molecular weight excluding hydrogens is 262 g/mol. The topological polar surface area (TPSA) is 29.5 Å². The number of ether oxygens (including phenoxy) is 1. The van der Waals surface area contributed by atoms with Crippen molar-refractivity contribution in [2.45, 2.75) is 39.3 Å². The first kappa shape index (κ1) is 16.0. The summed E-state index contributed by atoms with van der Waals surface area (Å²) in [6.45, 7) is 6.06. The Morgan fingerprint density at radius 1 is 1.42 bits per heavy atom. The molecule has 0 aliphatic carbocycles. The van der Waals surface area contributed by atoms with Crippen molar-refractivity contribution in [1.82, 2.24) is 0 Å². The molecule has 1 aromatic rings. The van der Waals surface area contributed by atoms with Crippen LogP contribution in [-0.2, 0) is 9.53 Å². The number of methoxy groups -OCH3 is 1. The van der Waals surface area contributed by atoms with Gasteiger partial charge in [0.25, 0.3) is 0 Å². The van der Waals surface area contributed by atoms with Crippen molar-refractivity contribution < 1.29 is 9.53 Å². The largest absolute Gasteiger partial charge is 0.377 e. The van der Waals surface area contributed by atoms with E-state index in [0.29, 0.717) is 0 Å². The normalized spacial score (nSPS) is 13.9. The maximum atomic E-state index is 12.0. The Labute approximate surface area is 120 Å². The van der Waals surface area contributed by atoms with Crippen molar-refractivity contribution in [1.29, 1.82) is 0 Å². The fourth-order valence-corrected chi connectivity index (χ4v) is 2.08. The summed E-state index contributed by atoms with van der Waals surface area (Å²) in [6, 6.07) is 7.99. The lowest BCUT2D eigenvalue weighted by atomic mass is 10.1. The van der Waals surface area contributed by atoms with E-state index >= 15 is 0 Å². The molecule has 2 unspecified atom stereocenters. The average molecular weight is 284 g/mol. The first-order chi connectivity index (χ1) is 9.04. The summed E-state index contributed by atoms with van der Waals surface area (Å²) >= 11 is 5.71. The van der Waals surface area contributed by atoms with Crippen LogP contribution in [0.3, 0.4) is 0 Å². The van der Waals surface area contributed by atoms with Gasteiger partial charge in [-0.1, -0.05) is 19.1 Å². The summed E-state index contributed by atoms with van der Waals surface area (Å²) in [7, 11) is 1.67. The van der Waals surface area contributed by atoms with Crippen LogP contribution in [0.15, 0.2) is 24.3 Å². The second kappa shape index (κ2) is 7.51. The molecule has 1 aromatic carbocycles. The van der Waals surface area contributed by atoms with E-state index in [4.69, 9.17) is 16.3 Å². The third kappa shape index (κ3) is 3.95. The number of hydrogen-bond donors (Lipinski definition) is 0. The minimum atomic E-state index is -0.0711. The third-order valence-electron chi connectivity index (χ3n) is 3.39. The van der Waals surface area contributed by atoms with E-state index in [2.05, 4.69) is 6.92 Å². The minimum absolute atomic E-state index is 0.00448. The number of rotatable bonds is 6. The molecule has 0 fully saturated rings. The average Bonchev–Trinajstić information content (AvgIpc) is 2.46. The Hall–Kier alpha value is -1.06. The van der Waals surface area contributed by atoms with E-state index in [1.54, 1.807) is 12.0 Å². The lowest BCUT2D eigenvalue weighted by Gasteiger charge is -2.29. The number of halogens is 1. The Balaban J connectivity index is 3.12. The highest BCUT2D eigenvalue weighted by Crippen LogP contribution is 2.25. The number of hydrogen-bond acceptors (Lipinski definition) is 2. The van der Waals surface area contributed by atoms with Gasteiger partial charge in [-0.25, -0.2) is 0 Å². The summed E-state index contributed by atoms with van der Waals surface area (Å²) in [4.78, 5) is 13.8. The molecule has 0 saturated carbocycles. The fourth-order valence-electron chi connectivity index (χ4n) is 1.95. The molecule has 4 heteroatoms. The summed E-state index contributed by atoms with van der Waals surface area (Å²) in [5.74, 6) is -0.0766. The summed E-state index contributed by atoms with van der Waals surface area (Å²) < 4.78 is 5.32. The molecule has 0 spiro atoms. The molecule has 3 nitrogen and oxygen atoms in total. The van der Waals surface area contributed by atoms with Gasteiger partial charge in [-0.3, -0.25) is 4.79 Å². The van der Waals surface area contributed by atoms with Gasteiger partial charge in [0.2, 0.25) is 5.91 Å². The molecule has 106 valence electrons. The van der Waals surface area contributed by atoms with Crippen LogP contribution >= 0.6 is 11.6 Å². The first-order valence-electron chi connectivity index (χ1n) is 6.55. The second-order valence-electron chi connectivity index (χ2n) is 4.63. The van der Waals surface area contributed by atoms with Gasteiger partial charge >= 0.3 is 0 Å². The van der Waals surface area contributed by atoms with Gasteiger partial charge in [0.15, 0.2) is 0 Å². The second-order valence-corrected chi connectivity index (χ2v) is 4.89. The van der Waals surface area contributed by atoms with Crippen LogP contribution in [0.5, 0.6) is 0 Å². The molecule has 0 aliphatic heterocycles. The third-order valence-corrected chi connectivity index (χ3v) is 3.61. The molecule has 0 radical (unpaired) electrons. The van der Waals surface area contributed by atoms with Crippen molar-refractivity contribution >= 4 is 23.2 Å². The smallest absolute Gasteiger partial charge is 0.242 e. The van der Waals surface area contributed by atoms with Gasteiger partial charge in [-0.05, 0) is 38.0 Å². The molecule has 0 N–H and O–H groups in total. The van der Waals surface area contributed by atoms with E-state index in [1.807, 2.05) is 38.1 Å². The van der Waals surface area contributed by atoms with Gasteiger partial charge in [-0.15, -0.1) is 11.6 Å². The van der Waals surface area contributed by atoms with E-state index in [0.717, 1.165) is 17.7 Å². The van der Waals surface area contributed by atoms with Crippen LogP contribution in [-0.4, -0.2) is 24.9 Å². The summed E-state index contributed by atoms with van der Waals surface area (Å²) in [6.07, 6.45) is 0.886. The number of nitrogens with zero attached hydrogens (tertiary/aromatic N) is 1. The van der Waals surface area contributed by atoms with Gasteiger partial charge in [0.1, 0.15) is 5.88 Å². The number of anilines is 1. The molecule has 2 atom stereocenters. The molecular formula is C15H22ClNO2. The monoisotopic (exact) mass is 283 g/mol. The van der Waals surface area contributed by atoms with Crippen molar-refractivity contribution in [3.05, 3.63) is 29.8 Å². The molecule has 0 heterocycles. The van der Waals surface area contributed by atoms with E-state index in [-0.39, 0.29) is 23.9 Å². The van der Waals surface area contributed by atoms with Crippen molar-refractivity contribution in [2.75, 3.05) is 17.9 Å². The maximum absolute atomic E-state index is 12.0. The van der Waals surface area contributed by atoms with Crippen LogP contribution in [0.2, 0.25) is 0 Å². The number of amides is 1. The number of carbonyl (C=O) groups is 1. The number of benzene rings is 1. The van der Waals surface area contributed by atoms with E-state index < -0.39 is 0 Å². The summed E-state index contributed by atoms with van der Waals surface area (Å²) in [5, 5.41) is 0. The molecule has 0 aliphatic rings. The van der Waals surface area contributed by atoms with Crippen molar-refractivity contribution in [3.8, 4) is 0 Å². The van der Waals surface area contributed by atoms with Crippen molar-refractivity contribution in [3.63, 3.8) is 0 Å². The Morgan fingerprint density at radius 2 is 2.11 bits per heavy atom. The highest BCUT2D eigenvalue weighted by molar-refractivity contribution is 6.29. The molecule has 0 aromatic heterocycles. The molecule has 0 bridgehead atoms. The van der Waals surface area contributed by atoms with Crippen LogP contribution in [0, 0.1) is 0 Å². The Bertz CT molecular complexity index is 422. The SMILES string of the molecule is CCC(C)N(C(=O)CCl)c1cccc(C(C)OC)c1. The predicted octanol–water partition coefficient (Wildman–Crippen LogP) is 3.76. The van der Waals surface area contributed by atoms with Gasteiger partial charge in [0, 0.05) is 18.8 Å². The molecule has 1 amide bonds. The van der Waals surface area contributed by atoms with E-state index in [9.17, 15) is 4.79 Å². The highest BCUT2D eigenvalue weighted by Gasteiger charge is 2.20. The zero-order valence-electron chi connectivity index (χ0n) is 12.0. The lowest BCUT2D eigenvalue weighted by molar-refractivity contribution is -0.116. The number of alkyl halides is 1. The fraction of sp³-hybridized carbons (Fsp3) is 0.533. The van der Waals surface area contributed by atoms with E-state index in [1.165, 1.54) is 0 Å². The van der Waals surface area contributed by atoms with Crippen LogP contribution in [0.25, 0.3) is 0 Å². The van der Waals surface area contributed by atoms with Crippen LogP contribution in [0.1, 0.15) is 38.9 Å². The molecule has 1 rings (SSSR count). The zero-order valence-corrected chi connectivity index (χ0v) is 12.8. The maximum Gasteiger partial charge on any atom is 0.242 e. The van der Waals surface area contributed by atoms with Crippen molar-refractivity contribution in [2.24, 2.45) is 0 Å². The van der Waals surface area contributed by atoms with Crippen LogP contribution < -0.4 is 4.90 Å². The minimum Gasteiger partial charge on any atom is -0.377 e. The highest BCUT2D eigenvalue weighted by atomic mass is 35.5. The van der Waals surface area contributed by atoms with Crippen LogP contribution in [0.4, 0.5) is 5.69 Å².